The molecule has 2 nitrogen and oxygen atoms in total. The van der Waals surface area contributed by atoms with E-state index < -0.39 is 11.7 Å². The van der Waals surface area contributed by atoms with E-state index in [9.17, 15) is 13.2 Å². The van der Waals surface area contributed by atoms with Crippen LogP contribution in [0.4, 0.5) is 13.2 Å². The molecule has 0 aromatic carbocycles. The zero-order valence-corrected chi connectivity index (χ0v) is 10.4. The van der Waals surface area contributed by atoms with Crippen molar-refractivity contribution in [2.24, 2.45) is 0 Å². The summed E-state index contributed by atoms with van der Waals surface area (Å²) in [6.45, 7) is 1.64. The lowest BCUT2D eigenvalue weighted by molar-refractivity contribution is -0.197. The largest absolute Gasteiger partial charge is 0.408 e. The van der Waals surface area contributed by atoms with Crippen molar-refractivity contribution >= 4 is 0 Å². The summed E-state index contributed by atoms with van der Waals surface area (Å²) in [4.78, 5) is 0. The quantitative estimate of drug-likeness (QED) is 0.844. The van der Waals surface area contributed by atoms with Crippen molar-refractivity contribution in [3.63, 3.8) is 0 Å². The van der Waals surface area contributed by atoms with Gasteiger partial charge in [-0.15, -0.1) is 0 Å². The van der Waals surface area contributed by atoms with Crippen LogP contribution in [-0.4, -0.2) is 31.0 Å². The topological polar surface area (TPSA) is 21.3 Å². The lowest BCUT2D eigenvalue weighted by atomic mass is 9.93. The fourth-order valence-corrected chi connectivity index (χ4v) is 2.44. The van der Waals surface area contributed by atoms with Crippen LogP contribution in [0.1, 0.15) is 27.6 Å². The van der Waals surface area contributed by atoms with Crippen LogP contribution in [0, 0.1) is 0 Å². The fraction of sp³-hybridized carbons (Fsp3) is 0.692. The second kappa shape index (κ2) is 5.05. The maximum Gasteiger partial charge on any atom is 0.408 e. The summed E-state index contributed by atoms with van der Waals surface area (Å²) in [5.74, 6) is 0. The van der Waals surface area contributed by atoms with Crippen LogP contribution in [-0.2, 0) is 4.74 Å². The zero-order chi connectivity index (χ0) is 13.2. The van der Waals surface area contributed by atoms with Crippen LogP contribution in [0.2, 0.25) is 0 Å². The van der Waals surface area contributed by atoms with Gasteiger partial charge in [0.1, 0.15) is 5.54 Å². The van der Waals surface area contributed by atoms with Crippen molar-refractivity contribution in [2.45, 2.75) is 43.9 Å². The Bertz CT molecular complexity index is 359. The van der Waals surface area contributed by atoms with Crippen LogP contribution in [0.25, 0.3) is 0 Å². The zero-order valence-electron chi connectivity index (χ0n) is 10.4. The first-order valence-corrected chi connectivity index (χ1v) is 6.23. The molecule has 104 valence electrons. The van der Waals surface area contributed by atoms with Gasteiger partial charge in [0.2, 0.25) is 0 Å². The Hall–Kier alpha value is -0.810. The summed E-state index contributed by atoms with van der Waals surface area (Å²) in [7, 11) is 0. The highest BCUT2D eigenvalue weighted by Gasteiger charge is 2.57. The van der Waals surface area contributed by atoms with E-state index in [0.29, 0.717) is 0 Å². The molecule has 5 heteroatoms. The van der Waals surface area contributed by atoms with E-state index in [-0.39, 0.29) is 27.1 Å². The molecule has 0 amide bonds. The molecule has 0 aromatic heterocycles. The van der Waals surface area contributed by atoms with Crippen molar-refractivity contribution in [3.8, 4) is 0 Å². The molecule has 2 atom stereocenters. The number of hydrogen-bond acceptors (Lipinski definition) is 2. The number of rotatable bonds is 3. The smallest absolute Gasteiger partial charge is 0.379 e. The van der Waals surface area contributed by atoms with E-state index in [1.54, 1.807) is 6.92 Å². The molecule has 1 heterocycles. The highest BCUT2D eigenvalue weighted by Crippen LogP contribution is 2.37. The molecule has 1 N–H and O–H groups in total. The van der Waals surface area contributed by atoms with E-state index in [2.05, 4.69) is 5.32 Å². The van der Waals surface area contributed by atoms with Gasteiger partial charge < -0.3 is 4.74 Å². The average Bonchev–Trinajstić information content (AvgIpc) is 2.79. The molecule has 0 saturated carbocycles. The van der Waals surface area contributed by atoms with Gasteiger partial charge in [0.05, 0.1) is 6.61 Å². The average molecular weight is 263 g/mol. The van der Waals surface area contributed by atoms with Gasteiger partial charge in [-0.3, -0.25) is 5.32 Å². The molecule has 1 saturated heterocycles. The van der Waals surface area contributed by atoms with Crippen LogP contribution >= 0.6 is 0 Å². The fourth-order valence-electron chi connectivity index (χ4n) is 2.44. The maximum atomic E-state index is 13.2. The number of alkyl halides is 3. The molecule has 0 radical (unpaired) electrons. The summed E-state index contributed by atoms with van der Waals surface area (Å²) in [6, 6.07) is -0.315. The predicted molar refractivity (Wildman–Crippen MR) is 65.4 cm³/mol. The Balaban J connectivity index is 0.00000180. The normalized spacial score (nSPS) is 30.3. The van der Waals surface area contributed by atoms with Gasteiger partial charge in [0, 0.05) is 20.5 Å². The standard InChI is InChI=1S/C13H18F3NO.H2/c1-10(11-5-3-2-4-6-11)17-12(13(14,15)16)7-8-18-9-12;/h3,5-6,10,17H,2,4,7-9H2,1H3;1H/t10-,12+;/m0./s1. The molecule has 1 aliphatic heterocycles. The number of halogens is 3. The van der Waals surface area contributed by atoms with Gasteiger partial charge in [0.15, 0.2) is 0 Å². The van der Waals surface area contributed by atoms with Gasteiger partial charge in [-0.05, 0) is 25.3 Å². The number of ether oxygens (including phenoxy) is 1. The van der Waals surface area contributed by atoms with Gasteiger partial charge >= 0.3 is 6.18 Å². The second-order valence-corrected chi connectivity index (χ2v) is 4.93. The molecule has 0 spiro atoms. The second-order valence-electron chi connectivity index (χ2n) is 4.93. The Morgan fingerprint density at radius 2 is 2.22 bits per heavy atom. The lowest BCUT2D eigenvalue weighted by Crippen LogP contribution is -2.60. The Kier molecular flexibility index (Phi) is 3.82. The molecule has 1 aliphatic carbocycles. The van der Waals surface area contributed by atoms with Crippen LogP contribution in [0.15, 0.2) is 23.8 Å². The van der Waals surface area contributed by atoms with E-state index in [4.69, 9.17) is 4.74 Å². The Labute approximate surface area is 106 Å². The lowest BCUT2D eigenvalue weighted by Gasteiger charge is -2.35. The summed E-state index contributed by atoms with van der Waals surface area (Å²) >= 11 is 0. The third kappa shape index (κ3) is 2.62. The van der Waals surface area contributed by atoms with Gasteiger partial charge in [-0.1, -0.05) is 18.2 Å². The SMILES string of the molecule is C[C@H](N[C@]1(C(F)(F)F)CCOC1)C1=CCCC=C1.[HH]. The van der Waals surface area contributed by atoms with Crippen molar-refractivity contribution in [2.75, 3.05) is 13.2 Å². The minimum atomic E-state index is -4.28. The van der Waals surface area contributed by atoms with Gasteiger partial charge in [-0.25, -0.2) is 0 Å². The molecule has 0 bridgehead atoms. The maximum absolute atomic E-state index is 13.2. The molecule has 2 rings (SSSR count). The van der Waals surface area contributed by atoms with Crippen LogP contribution in [0.3, 0.4) is 0 Å². The summed E-state index contributed by atoms with van der Waals surface area (Å²) in [5.41, 5.74) is -0.963. The third-order valence-electron chi connectivity index (χ3n) is 3.58. The summed E-state index contributed by atoms with van der Waals surface area (Å²) in [6.07, 6.45) is 3.46. The first-order valence-electron chi connectivity index (χ1n) is 6.23. The van der Waals surface area contributed by atoms with E-state index in [0.717, 1.165) is 18.4 Å². The summed E-state index contributed by atoms with van der Waals surface area (Å²) < 4.78 is 44.4. The first kappa shape index (κ1) is 13.6. The first-order chi connectivity index (χ1) is 8.45. The van der Waals surface area contributed by atoms with Crippen LogP contribution < -0.4 is 5.32 Å². The monoisotopic (exact) mass is 263 g/mol. The molecule has 1 fully saturated rings. The van der Waals surface area contributed by atoms with Crippen molar-refractivity contribution in [1.29, 1.82) is 0 Å². The van der Waals surface area contributed by atoms with Crippen molar-refractivity contribution in [1.82, 2.24) is 5.32 Å². The van der Waals surface area contributed by atoms with Crippen LogP contribution in [0.5, 0.6) is 0 Å². The number of nitrogens with one attached hydrogen (secondary N) is 1. The highest BCUT2D eigenvalue weighted by atomic mass is 19.4. The molecule has 2 aliphatic rings. The van der Waals surface area contributed by atoms with E-state index in [1.807, 2.05) is 18.2 Å². The Morgan fingerprint density at radius 1 is 1.44 bits per heavy atom. The summed E-state index contributed by atoms with van der Waals surface area (Å²) in [5, 5.41) is 2.73. The number of allylic oxidation sites excluding steroid dienone is 2. The van der Waals surface area contributed by atoms with Crippen molar-refractivity contribution in [3.05, 3.63) is 23.8 Å². The molecule has 0 aromatic rings. The predicted octanol–water partition coefficient (Wildman–Crippen LogP) is 3.21. The minimum absolute atomic E-state index is 0. The minimum Gasteiger partial charge on any atom is -0.379 e. The third-order valence-corrected chi connectivity index (χ3v) is 3.58. The molecule has 0 unspecified atom stereocenters. The van der Waals surface area contributed by atoms with Gasteiger partial charge in [0.25, 0.3) is 0 Å². The Morgan fingerprint density at radius 3 is 2.72 bits per heavy atom. The molecular weight excluding hydrogens is 243 g/mol. The highest BCUT2D eigenvalue weighted by molar-refractivity contribution is 5.27. The van der Waals surface area contributed by atoms with E-state index >= 15 is 0 Å². The van der Waals surface area contributed by atoms with Crippen molar-refractivity contribution < 1.29 is 19.3 Å². The molecular formula is C13H20F3NO. The van der Waals surface area contributed by atoms with E-state index in [1.165, 1.54) is 0 Å². The van der Waals surface area contributed by atoms with Gasteiger partial charge in [-0.2, -0.15) is 13.2 Å². The molecule has 18 heavy (non-hydrogen) atoms. The number of hydrogen-bond donors (Lipinski definition) is 1.